The van der Waals surface area contributed by atoms with Crippen molar-refractivity contribution in [2.45, 2.75) is 37.0 Å². The van der Waals surface area contributed by atoms with Crippen molar-refractivity contribution in [2.75, 3.05) is 12.4 Å². The number of hydrogen-bond acceptors (Lipinski definition) is 5. The van der Waals surface area contributed by atoms with Crippen LogP contribution in [-0.2, 0) is 19.4 Å². The maximum atomic E-state index is 11.7. The van der Waals surface area contributed by atoms with Crippen LogP contribution in [0.5, 0.6) is 0 Å². The van der Waals surface area contributed by atoms with Gasteiger partial charge >= 0.3 is 5.97 Å². The first-order valence-electron chi connectivity index (χ1n) is 5.53. The Morgan fingerprint density at radius 2 is 2.19 bits per heavy atom. The van der Waals surface area contributed by atoms with Crippen molar-refractivity contribution in [2.24, 2.45) is 5.92 Å². The normalized spacial score (nSPS) is 40.6. The number of ether oxygens (including phenoxy) is 1. The van der Waals surface area contributed by atoms with Gasteiger partial charge in [0.25, 0.3) is 0 Å². The van der Waals surface area contributed by atoms with E-state index in [-0.39, 0.29) is 18.8 Å². The average molecular weight is 248 g/mol. The minimum absolute atomic E-state index is 0.0735. The van der Waals surface area contributed by atoms with Crippen molar-refractivity contribution in [1.29, 1.82) is 0 Å². The summed E-state index contributed by atoms with van der Waals surface area (Å²) in [5.74, 6) is -1.07. The first-order chi connectivity index (χ1) is 7.42. The highest BCUT2D eigenvalue weighted by atomic mass is 32.2. The van der Waals surface area contributed by atoms with Gasteiger partial charge in [-0.3, -0.25) is 0 Å². The fourth-order valence-electron chi connectivity index (χ4n) is 2.86. The molecule has 0 aromatic heterocycles. The van der Waals surface area contributed by atoms with Gasteiger partial charge in [-0.2, -0.15) is 0 Å². The lowest BCUT2D eigenvalue weighted by Gasteiger charge is -2.26. The zero-order valence-electron chi connectivity index (χ0n) is 9.18. The van der Waals surface area contributed by atoms with Gasteiger partial charge < -0.3 is 9.84 Å². The van der Waals surface area contributed by atoms with Gasteiger partial charge in [-0.1, -0.05) is 0 Å². The third-order valence-corrected chi connectivity index (χ3v) is 5.97. The Hall–Kier alpha value is -0.620. The Morgan fingerprint density at radius 1 is 1.50 bits per heavy atom. The number of aliphatic hydroxyl groups is 1. The van der Waals surface area contributed by atoms with E-state index >= 15 is 0 Å². The van der Waals surface area contributed by atoms with Crippen LogP contribution in [0.3, 0.4) is 0 Å². The fourth-order valence-corrected chi connectivity index (χ4v) is 5.09. The molecule has 1 aliphatic carbocycles. The Kier molecular flexibility index (Phi) is 2.74. The summed E-state index contributed by atoms with van der Waals surface area (Å²) >= 11 is 0. The standard InChI is InChI=1S/C10H16O5S/c1-2-15-9(11)10(12)5-3-8-7(10)4-6-16(8,13)14/h7-8,12H,2-6H2,1H3/t7-,8-,10+/m0/s1. The zero-order chi connectivity index (χ0) is 12.0. The second-order valence-electron chi connectivity index (χ2n) is 4.48. The third kappa shape index (κ3) is 1.55. The maximum Gasteiger partial charge on any atom is 0.338 e. The monoisotopic (exact) mass is 248 g/mol. The minimum Gasteiger partial charge on any atom is -0.464 e. The summed E-state index contributed by atoms with van der Waals surface area (Å²) in [5.41, 5.74) is -1.58. The number of hydrogen-bond donors (Lipinski definition) is 1. The molecule has 2 rings (SSSR count). The lowest BCUT2D eigenvalue weighted by atomic mass is 9.89. The van der Waals surface area contributed by atoms with Crippen LogP contribution < -0.4 is 0 Å². The largest absolute Gasteiger partial charge is 0.464 e. The molecule has 1 N–H and O–H groups in total. The van der Waals surface area contributed by atoms with Crippen molar-refractivity contribution in [3.05, 3.63) is 0 Å². The number of esters is 1. The number of sulfone groups is 1. The predicted octanol–water partition coefficient (Wildman–Crippen LogP) is -0.122. The molecule has 1 saturated carbocycles. The van der Waals surface area contributed by atoms with Gasteiger partial charge in [0.05, 0.1) is 17.6 Å². The van der Waals surface area contributed by atoms with Gasteiger partial charge in [-0.05, 0) is 26.2 Å². The molecule has 0 amide bonds. The first-order valence-corrected chi connectivity index (χ1v) is 7.24. The molecule has 0 spiro atoms. The van der Waals surface area contributed by atoms with Crippen LogP contribution in [0, 0.1) is 5.92 Å². The molecule has 0 radical (unpaired) electrons. The summed E-state index contributed by atoms with van der Waals surface area (Å²) < 4.78 is 28.1. The van der Waals surface area contributed by atoms with Crippen LogP contribution >= 0.6 is 0 Å². The van der Waals surface area contributed by atoms with Crippen molar-refractivity contribution >= 4 is 15.8 Å². The lowest BCUT2D eigenvalue weighted by Crippen LogP contribution is -2.44. The SMILES string of the molecule is CCOC(=O)[C@@]1(O)CC[C@H]2[C@@H]1CCS2(=O)=O. The van der Waals surface area contributed by atoms with Gasteiger partial charge in [0.1, 0.15) is 0 Å². The molecule has 2 aliphatic rings. The van der Waals surface area contributed by atoms with E-state index in [4.69, 9.17) is 4.74 Å². The van der Waals surface area contributed by atoms with E-state index in [2.05, 4.69) is 0 Å². The van der Waals surface area contributed by atoms with Crippen molar-refractivity contribution in [1.82, 2.24) is 0 Å². The molecule has 0 aromatic rings. The highest BCUT2D eigenvalue weighted by Gasteiger charge is 2.60. The molecular weight excluding hydrogens is 232 g/mol. The smallest absolute Gasteiger partial charge is 0.338 e. The Bertz CT molecular complexity index is 401. The summed E-state index contributed by atoms with van der Waals surface area (Å²) in [6, 6.07) is 0. The molecule has 1 heterocycles. The molecule has 0 bridgehead atoms. The number of fused-ring (bicyclic) bond motifs is 1. The summed E-state index contributed by atoms with van der Waals surface area (Å²) in [6.07, 6.45) is 0.922. The second-order valence-corrected chi connectivity index (χ2v) is 6.82. The minimum atomic E-state index is -3.11. The molecule has 1 aliphatic heterocycles. The van der Waals surface area contributed by atoms with E-state index in [0.717, 1.165) is 0 Å². The Balaban J connectivity index is 2.25. The van der Waals surface area contributed by atoms with E-state index in [9.17, 15) is 18.3 Å². The van der Waals surface area contributed by atoms with Crippen LogP contribution in [0.25, 0.3) is 0 Å². The number of carbonyl (C=O) groups excluding carboxylic acids is 1. The van der Waals surface area contributed by atoms with E-state index in [0.29, 0.717) is 12.8 Å². The molecule has 92 valence electrons. The van der Waals surface area contributed by atoms with Crippen LogP contribution in [0.1, 0.15) is 26.2 Å². The van der Waals surface area contributed by atoms with Gasteiger partial charge in [-0.15, -0.1) is 0 Å². The number of carbonyl (C=O) groups is 1. The van der Waals surface area contributed by atoms with Crippen LogP contribution in [0.15, 0.2) is 0 Å². The molecule has 16 heavy (non-hydrogen) atoms. The summed E-state index contributed by atoms with van der Waals surface area (Å²) in [4.78, 5) is 11.7. The molecule has 0 unspecified atom stereocenters. The first kappa shape index (κ1) is 11.9. The molecule has 3 atom stereocenters. The average Bonchev–Trinajstić information content (AvgIpc) is 2.69. The zero-order valence-corrected chi connectivity index (χ0v) is 10.00. The molecule has 0 aromatic carbocycles. The highest BCUT2D eigenvalue weighted by molar-refractivity contribution is 7.92. The summed E-state index contributed by atoms with van der Waals surface area (Å²) in [6.45, 7) is 1.87. The molecule has 5 nitrogen and oxygen atoms in total. The van der Waals surface area contributed by atoms with E-state index in [1.165, 1.54) is 0 Å². The predicted molar refractivity (Wildman–Crippen MR) is 56.5 cm³/mol. The van der Waals surface area contributed by atoms with Crippen LogP contribution in [0.4, 0.5) is 0 Å². The second kappa shape index (κ2) is 3.70. The lowest BCUT2D eigenvalue weighted by molar-refractivity contribution is -0.168. The summed E-state index contributed by atoms with van der Waals surface area (Å²) in [5, 5.41) is 9.70. The van der Waals surface area contributed by atoms with Crippen molar-refractivity contribution in [3.8, 4) is 0 Å². The summed E-state index contributed by atoms with van der Waals surface area (Å²) in [7, 11) is -3.11. The number of rotatable bonds is 2. The van der Waals surface area contributed by atoms with Gasteiger partial charge in [0.15, 0.2) is 15.4 Å². The highest BCUT2D eigenvalue weighted by Crippen LogP contribution is 2.46. The van der Waals surface area contributed by atoms with E-state index in [1.807, 2.05) is 0 Å². The van der Waals surface area contributed by atoms with Crippen LogP contribution in [0.2, 0.25) is 0 Å². The van der Waals surface area contributed by atoms with E-state index < -0.39 is 32.6 Å². The fraction of sp³-hybridized carbons (Fsp3) is 0.900. The third-order valence-electron chi connectivity index (χ3n) is 3.68. The van der Waals surface area contributed by atoms with Gasteiger partial charge in [0.2, 0.25) is 0 Å². The Labute approximate surface area is 94.7 Å². The van der Waals surface area contributed by atoms with Crippen molar-refractivity contribution < 1.29 is 23.1 Å². The topological polar surface area (TPSA) is 80.7 Å². The molecule has 6 heteroatoms. The maximum absolute atomic E-state index is 11.7. The Morgan fingerprint density at radius 3 is 2.81 bits per heavy atom. The van der Waals surface area contributed by atoms with E-state index in [1.54, 1.807) is 6.92 Å². The van der Waals surface area contributed by atoms with Gasteiger partial charge in [0, 0.05) is 5.92 Å². The molecular formula is C10H16O5S. The van der Waals surface area contributed by atoms with Gasteiger partial charge in [-0.25, -0.2) is 13.2 Å². The van der Waals surface area contributed by atoms with Crippen molar-refractivity contribution in [3.63, 3.8) is 0 Å². The van der Waals surface area contributed by atoms with Crippen LogP contribution in [-0.4, -0.2) is 42.7 Å². The quantitative estimate of drug-likeness (QED) is 0.689. The molecule has 1 saturated heterocycles. The molecule has 2 fully saturated rings.